The molecule has 6 nitrogen and oxygen atoms in total. The van der Waals surface area contributed by atoms with Crippen molar-refractivity contribution in [1.29, 1.82) is 0 Å². The Morgan fingerprint density at radius 3 is 2.42 bits per heavy atom. The maximum atomic E-state index is 13.1. The molecule has 0 saturated heterocycles. The highest BCUT2D eigenvalue weighted by molar-refractivity contribution is 9.11. The van der Waals surface area contributed by atoms with E-state index in [9.17, 15) is 13.2 Å². The van der Waals surface area contributed by atoms with E-state index in [4.69, 9.17) is 0 Å². The van der Waals surface area contributed by atoms with E-state index >= 15 is 0 Å². The van der Waals surface area contributed by atoms with Gasteiger partial charge in [0, 0.05) is 24.0 Å². The lowest BCUT2D eigenvalue weighted by Gasteiger charge is -2.20. The summed E-state index contributed by atoms with van der Waals surface area (Å²) in [6, 6.07) is 19.3. The van der Waals surface area contributed by atoms with E-state index in [0.717, 1.165) is 19.9 Å². The van der Waals surface area contributed by atoms with Crippen LogP contribution in [0.5, 0.6) is 0 Å². The average Bonchev–Trinajstić information content (AvgIpc) is 3.47. The third kappa shape index (κ3) is 5.59. The molecule has 0 fully saturated rings. The molecule has 2 aromatic heterocycles. The number of anilines is 1. The first-order valence-corrected chi connectivity index (χ1v) is 14.0. The summed E-state index contributed by atoms with van der Waals surface area (Å²) in [6.45, 7) is 2.43. The number of hydrogen-bond acceptors (Lipinski definition) is 6. The fourth-order valence-electron chi connectivity index (χ4n) is 3.15. The first-order valence-electron chi connectivity index (χ1n) is 10.0. The number of amides is 1. The summed E-state index contributed by atoms with van der Waals surface area (Å²) in [6.07, 6.45) is 0. The van der Waals surface area contributed by atoms with Crippen molar-refractivity contribution < 1.29 is 13.2 Å². The number of nitrogens with one attached hydrogen (secondary N) is 1. The fourth-order valence-corrected chi connectivity index (χ4v) is 6.71. The predicted octanol–water partition coefficient (Wildman–Crippen LogP) is 6.10. The van der Waals surface area contributed by atoms with Gasteiger partial charge in [-0.15, -0.1) is 22.7 Å². The number of halogens is 1. The molecule has 0 bridgehead atoms. The minimum atomic E-state index is -3.69. The van der Waals surface area contributed by atoms with Gasteiger partial charge in [-0.3, -0.25) is 10.1 Å². The van der Waals surface area contributed by atoms with Crippen LogP contribution in [0.1, 0.15) is 22.8 Å². The molecule has 1 amide bonds. The molecule has 4 aromatic rings. The van der Waals surface area contributed by atoms with Gasteiger partial charge in [0.1, 0.15) is 0 Å². The van der Waals surface area contributed by atoms with Crippen molar-refractivity contribution in [3.8, 4) is 10.6 Å². The molecule has 0 unspecified atom stereocenters. The molecule has 0 saturated carbocycles. The second-order valence-electron chi connectivity index (χ2n) is 7.04. The van der Waals surface area contributed by atoms with Gasteiger partial charge in [-0.2, -0.15) is 4.31 Å². The van der Waals surface area contributed by atoms with Crippen molar-refractivity contribution in [3.05, 3.63) is 87.0 Å². The van der Waals surface area contributed by atoms with E-state index in [2.05, 4.69) is 26.2 Å². The van der Waals surface area contributed by atoms with E-state index < -0.39 is 10.0 Å². The second kappa shape index (κ2) is 10.3. The molecule has 33 heavy (non-hydrogen) atoms. The number of thiophene rings is 1. The van der Waals surface area contributed by atoms with E-state index in [1.807, 2.05) is 47.8 Å². The number of thiazole rings is 1. The Morgan fingerprint density at radius 2 is 1.79 bits per heavy atom. The Bertz CT molecular complexity index is 1350. The smallest absolute Gasteiger partial charge is 0.257 e. The summed E-state index contributed by atoms with van der Waals surface area (Å²) < 4.78 is 28.6. The van der Waals surface area contributed by atoms with Crippen molar-refractivity contribution in [3.63, 3.8) is 0 Å². The number of nitrogens with zero attached hydrogens (tertiary/aromatic N) is 2. The fraction of sp³-hybridized carbons (Fsp3) is 0.130. The van der Waals surface area contributed by atoms with Gasteiger partial charge in [-0.05, 0) is 57.9 Å². The number of aromatic nitrogens is 1. The molecular weight excluding hydrogens is 542 g/mol. The summed E-state index contributed by atoms with van der Waals surface area (Å²) in [7, 11) is -3.69. The first-order chi connectivity index (χ1) is 15.9. The molecule has 0 aliphatic rings. The highest BCUT2D eigenvalue weighted by Crippen LogP contribution is 2.33. The van der Waals surface area contributed by atoms with Gasteiger partial charge >= 0.3 is 0 Å². The molecule has 4 rings (SSSR count). The molecule has 0 radical (unpaired) electrons. The van der Waals surface area contributed by atoms with E-state index in [1.54, 1.807) is 18.3 Å². The zero-order valence-corrected chi connectivity index (χ0v) is 21.6. The lowest BCUT2D eigenvalue weighted by molar-refractivity contribution is 0.102. The number of rotatable bonds is 8. The maximum absolute atomic E-state index is 13.1. The monoisotopic (exact) mass is 561 g/mol. The number of sulfonamides is 1. The van der Waals surface area contributed by atoms with Gasteiger partial charge in [0.05, 0.1) is 19.3 Å². The van der Waals surface area contributed by atoms with Crippen LogP contribution in [0.2, 0.25) is 0 Å². The van der Waals surface area contributed by atoms with Gasteiger partial charge in [-0.25, -0.2) is 13.4 Å². The average molecular weight is 563 g/mol. The third-order valence-corrected chi connectivity index (χ3v) is 9.20. The van der Waals surface area contributed by atoms with Crippen LogP contribution in [0.15, 0.2) is 80.8 Å². The molecule has 170 valence electrons. The molecule has 0 spiro atoms. The maximum Gasteiger partial charge on any atom is 0.257 e. The summed E-state index contributed by atoms with van der Waals surface area (Å²) in [5.74, 6) is -0.344. The standard InChI is InChI=1S/C23H20BrN3O3S3/c1-2-27(14-16-6-4-3-5-7-16)33(29,30)18-10-8-17(9-11-18)22(28)26-23-25-19(15-31-23)20-12-13-21(24)32-20/h3-13,15H,2,14H2,1H3,(H,25,26,28). The Hall–Kier alpha value is -2.37. The zero-order chi connectivity index (χ0) is 23.4. The van der Waals surface area contributed by atoms with Gasteiger partial charge in [0.15, 0.2) is 5.13 Å². The third-order valence-electron chi connectivity index (χ3n) is 4.86. The Labute approximate surface area is 209 Å². The van der Waals surface area contributed by atoms with Crippen LogP contribution < -0.4 is 5.32 Å². The van der Waals surface area contributed by atoms with Crippen molar-refractivity contribution in [2.24, 2.45) is 0 Å². The lowest BCUT2D eigenvalue weighted by Crippen LogP contribution is -2.30. The normalized spacial score (nSPS) is 11.6. The van der Waals surface area contributed by atoms with Crippen molar-refractivity contribution >= 4 is 59.7 Å². The SMILES string of the molecule is CCN(Cc1ccccc1)S(=O)(=O)c1ccc(C(=O)Nc2nc(-c3ccc(Br)s3)cs2)cc1. The highest BCUT2D eigenvalue weighted by atomic mass is 79.9. The molecule has 0 aliphatic heterocycles. The number of benzene rings is 2. The van der Waals surface area contributed by atoms with Crippen molar-refractivity contribution in [2.75, 3.05) is 11.9 Å². The Balaban J connectivity index is 1.46. The summed E-state index contributed by atoms with van der Waals surface area (Å²) in [4.78, 5) is 18.3. The minimum Gasteiger partial charge on any atom is -0.298 e. The molecular formula is C23H20BrN3O3S3. The van der Waals surface area contributed by atoms with E-state index in [-0.39, 0.29) is 17.3 Å². The predicted molar refractivity (Wildman–Crippen MR) is 137 cm³/mol. The van der Waals surface area contributed by atoms with Crippen LogP contribution in [0.25, 0.3) is 10.6 Å². The zero-order valence-electron chi connectivity index (χ0n) is 17.6. The quantitative estimate of drug-likeness (QED) is 0.282. The van der Waals surface area contributed by atoms with Crippen LogP contribution in [-0.2, 0) is 16.6 Å². The number of carbonyl (C=O) groups is 1. The van der Waals surface area contributed by atoms with Crippen LogP contribution in [0.3, 0.4) is 0 Å². The Kier molecular flexibility index (Phi) is 7.40. The van der Waals surface area contributed by atoms with Crippen LogP contribution in [0, 0.1) is 0 Å². The molecule has 2 aromatic carbocycles. The molecule has 1 N–H and O–H groups in total. The highest BCUT2D eigenvalue weighted by Gasteiger charge is 2.23. The Morgan fingerprint density at radius 1 is 1.06 bits per heavy atom. The van der Waals surface area contributed by atoms with Crippen molar-refractivity contribution in [1.82, 2.24) is 9.29 Å². The largest absolute Gasteiger partial charge is 0.298 e. The van der Waals surface area contributed by atoms with Crippen LogP contribution in [0.4, 0.5) is 5.13 Å². The van der Waals surface area contributed by atoms with Crippen LogP contribution >= 0.6 is 38.6 Å². The van der Waals surface area contributed by atoms with E-state index in [0.29, 0.717) is 17.2 Å². The van der Waals surface area contributed by atoms with Gasteiger partial charge < -0.3 is 0 Å². The topological polar surface area (TPSA) is 79.4 Å². The molecule has 10 heteroatoms. The minimum absolute atomic E-state index is 0.150. The van der Waals surface area contributed by atoms with Crippen LogP contribution in [-0.4, -0.2) is 30.2 Å². The van der Waals surface area contributed by atoms with Gasteiger partial charge in [0.25, 0.3) is 5.91 Å². The summed E-state index contributed by atoms with van der Waals surface area (Å²) >= 11 is 6.34. The summed E-state index contributed by atoms with van der Waals surface area (Å²) in [5.41, 5.74) is 2.07. The lowest BCUT2D eigenvalue weighted by atomic mass is 10.2. The first kappa shape index (κ1) is 23.8. The van der Waals surface area contributed by atoms with E-state index in [1.165, 1.54) is 39.9 Å². The number of hydrogen-bond donors (Lipinski definition) is 1. The molecule has 0 aliphatic carbocycles. The van der Waals surface area contributed by atoms with Gasteiger partial charge in [0.2, 0.25) is 10.0 Å². The number of carbonyl (C=O) groups excluding carboxylic acids is 1. The summed E-state index contributed by atoms with van der Waals surface area (Å²) in [5, 5.41) is 5.15. The molecule has 2 heterocycles. The van der Waals surface area contributed by atoms with Crippen molar-refractivity contribution in [2.45, 2.75) is 18.4 Å². The van der Waals surface area contributed by atoms with Gasteiger partial charge in [-0.1, -0.05) is 37.3 Å². The molecule has 0 atom stereocenters. The second-order valence-corrected chi connectivity index (χ2v) is 12.3.